The molecule has 2 unspecified atom stereocenters. The predicted molar refractivity (Wildman–Crippen MR) is 55.5 cm³/mol. The third kappa shape index (κ3) is 2.59. The molecule has 0 aromatic carbocycles. The molecular weight excluding hydrogens is 194 g/mol. The average Bonchev–Trinajstić information content (AvgIpc) is 2.71. The fraction of sp³-hybridized carbons (Fsp3) is 0.636. The molecule has 2 N–H and O–H groups in total. The van der Waals surface area contributed by atoms with Crippen LogP contribution >= 0.6 is 0 Å². The van der Waals surface area contributed by atoms with Gasteiger partial charge in [0.2, 0.25) is 0 Å². The molecular formula is C11H17NO3. The van der Waals surface area contributed by atoms with Crippen molar-refractivity contribution >= 4 is 0 Å². The second-order valence-electron chi connectivity index (χ2n) is 4.22. The highest BCUT2D eigenvalue weighted by Gasteiger charge is 2.29. The van der Waals surface area contributed by atoms with Crippen molar-refractivity contribution in [2.45, 2.75) is 25.0 Å². The van der Waals surface area contributed by atoms with Crippen LogP contribution in [-0.4, -0.2) is 30.9 Å². The number of furan rings is 1. The third-order valence-corrected chi connectivity index (χ3v) is 2.79. The zero-order valence-corrected chi connectivity index (χ0v) is 8.90. The Kier molecular flexibility index (Phi) is 3.09. The Hall–Kier alpha value is -0.840. The van der Waals surface area contributed by atoms with Crippen LogP contribution in [0.15, 0.2) is 23.0 Å². The molecule has 0 spiro atoms. The van der Waals surface area contributed by atoms with E-state index in [1.165, 1.54) is 0 Å². The van der Waals surface area contributed by atoms with Gasteiger partial charge in [-0.3, -0.25) is 0 Å². The summed E-state index contributed by atoms with van der Waals surface area (Å²) in [7, 11) is 0. The molecule has 2 rings (SSSR count). The quantitative estimate of drug-likeness (QED) is 0.778. The molecule has 4 nitrogen and oxygen atoms in total. The van der Waals surface area contributed by atoms with Gasteiger partial charge in [-0.1, -0.05) is 0 Å². The van der Waals surface area contributed by atoms with E-state index < -0.39 is 5.60 Å². The monoisotopic (exact) mass is 211 g/mol. The largest absolute Gasteiger partial charge is 0.472 e. The van der Waals surface area contributed by atoms with E-state index in [0.29, 0.717) is 13.0 Å². The van der Waals surface area contributed by atoms with Gasteiger partial charge in [0.1, 0.15) is 0 Å². The van der Waals surface area contributed by atoms with Crippen LogP contribution in [0.25, 0.3) is 0 Å². The van der Waals surface area contributed by atoms with Gasteiger partial charge in [0, 0.05) is 18.2 Å². The van der Waals surface area contributed by atoms with E-state index in [2.05, 4.69) is 5.32 Å². The maximum Gasteiger partial charge on any atom is 0.0963 e. The van der Waals surface area contributed by atoms with E-state index in [-0.39, 0.29) is 6.04 Å². The van der Waals surface area contributed by atoms with Crippen LogP contribution in [0, 0.1) is 0 Å². The summed E-state index contributed by atoms with van der Waals surface area (Å²) < 4.78 is 10.3. The lowest BCUT2D eigenvalue weighted by molar-refractivity contribution is 0.00290. The van der Waals surface area contributed by atoms with Gasteiger partial charge in [-0.05, 0) is 19.4 Å². The Labute approximate surface area is 89.2 Å². The second-order valence-corrected chi connectivity index (χ2v) is 4.22. The van der Waals surface area contributed by atoms with Crippen molar-refractivity contribution in [1.82, 2.24) is 5.32 Å². The van der Waals surface area contributed by atoms with Gasteiger partial charge in [0.15, 0.2) is 0 Å². The van der Waals surface area contributed by atoms with E-state index in [4.69, 9.17) is 9.15 Å². The molecule has 0 radical (unpaired) electrons. The first kappa shape index (κ1) is 10.7. The van der Waals surface area contributed by atoms with Crippen molar-refractivity contribution in [3.8, 4) is 0 Å². The first-order chi connectivity index (χ1) is 7.18. The first-order valence-electron chi connectivity index (χ1n) is 5.25. The van der Waals surface area contributed by atoms with Crippen LogP contribution in [0.3, 0.4) is 0 Å². The molecule has 1 aliphatic rings. The maximum atomic E-state index is 10.3. The highest BCUT2D eigenvalue weighted by molar-refractivity contribution is 5.15. The number of rotatable bonds is 3. The molecule has 0 amide bonds. The van der Waals surface area contributed by atoms with Gasteiger partial charge in [0.05, 0.1) is 31.3 Å². The molecule has 15 heavy (non-hydrogen) atoms. The van der Waals surface area contributed by atoms with Gasteiger partial charge in [-0.2, -0.15) is 0 Å². The van der Waals surface area contributed by atoms with E-state index in [0.717, 1.165) is 18.7 Å². The Morgan fingerprint density at radius 2 is 2.53 bits per heavy atom. The fourth-order valence-corrected chi connectivity index (χ4v) is 1.92. The number of nitrogens with one attached hydrogen (secondary N) is 1. The number of ether oxygens (including phenoxy) is 1. The minimum atomic E-state index is -0.856. The molecule has 2 heterocycles. The van der Waals surface area contributed by atoms with Crippen molar-refractivity contribution in [1.29, 1.82) is 0 Å². The van der Waals surface area contributed by atoms with E-state index in [9.17, 15) is 5.11 Å². The SMILES string of the molecule is CC(O)(CC1COCCN1)c1ccoc1. The van der Waals surface area contributed by atoms with Crippen LogP contribution in [-0.2, 0) is 10.3 Å². The van der Waals surface area contributed by atoms with Crippen LogP contribution in [0.5, 0.6) is 0 Å². The molecule has 0 aliphatic carbocycles. The Morgan fingerprint density at radius 3 is 3.13 bits per heavy atom. The molecule has 1 aromatic heterocycles. The van der Waals surface area contributed by atoms with E-state index in [1.807, 2.05) is 0 Å². The standard InChI is InChI=1S/C11H17NO3/c1-11(13,9-2-4-14-7-9)6-10-8-15-5-3-12-10/h2,4,7,10,12-13H,3,5-6,8H2,1H3. The zero-order valence-electron chi connectivity index (χ0n) is 8.90. The summed E-state index contributed by atoms with van der Waals surface area (Å²) in [6.07, 6.45) is 3.80. The minimum absolute atomic E-state index is 0.212. The maximum absolute atomic E-state index is 10.3. The van der Waals surface area contributed by atoms with Crippen molar-refractivity contribution in [2.24, 2.45) is 0 Å². The number of hydrogen-bond acceptors (Lipinski definition) is 4. The fourth-order valence-electron chi connectivity index (χ4n) is 1.92. The van der Waals surface area contributed by atoms with Crippen molar-refractivity contribution in [2.75, 3.05) is 19.8 Å². The van der Waals surface area contributed by atoms with Crippen LogP contribution < -0.4 is 5.32 Å². The lowest BCUT2D eigenvalue weighted by atomic mass is 9.91. The molecule has 1 fully saturated rings. The smallest absolute Gasteiger partial charge is 0.0963 e. The van der Waals surface area contributed by atoms with Crippen molar-refractivity contribution in [3.05, 3.63) is 24.2 Å². The minimum Gasteiger partial charge on any atom is -0.472 e. The van der Waals surface area contributed by atoms with E-state index in [1.54, 1.807) is 25.5 Å². The van der Waals surface area contributed by atoms with Crippen LogP contribution in [0.2, 0.25) is 0 Å². The Balaban J connectivity index is 1.97. The van der Waals surface area contributed by atoms with Gasteiger partial charge >= 0.3 is 0 Å². The summed E-state index contributed by atoms with van der Waals surface area (Å²) in [6.45, 7) is 4.07. The first-order valence-corrected chi connectivity index (χ1v) is 5.25. The van der Waals surface area contributed by atoms with Crippen LogP contribution in [0.1, 0.15) is 18.9 Å². The molecule has 1 aromatic rings. The molecule has 1 saturated heterocycles. The molecule has 4 heteroatoms. The normalized spacial score (nSPS) is 26.1. The average molecular weight is 211 g/mol. The molecule has 1 aliphatic heterocycles. The van der Waals surface area contributed by atoms with Crippen molar-refractivity contribution in [3.63, 3.8) is 0 Å². The summed E-state index contributed by atoms with van der Waals surface area (Å²) in [4.78, 5) is 0. The summed E-state index contributed by atoms with van der Waals surface area (Å²) >= 11 is 0. The van der Waals surface area contributed by atoms with Gasteiger partial charge in [-0.25, -0.2) is 0 Å². The highest BCUT2D eigenvalue weighted by atomic mass is 16.5. The summed E-state index contributed by atoms with van der Waals surface area (Å²) in [5.74, 6) is 0. The number of aliphatic hydroxyl groups is 1. The molecule has 84 valence electrons. The lowest BCUT2D eigenvalue weighted by Crippen LogP contribution is -2.45. The van der Waals surface area contributed by atoms with Gasteiger partial charge < -0.3 is 19.6 Å². The van der Waals surface area contributed by atoms with Crippen LogP contribution in [0.4, 0.5) is 0 Å². The lowest BCUT2D eigenvalue weighted by Gasteiger charge is -2.30. The summed E-state index contributed by atoms with van der Waals surface area (Å²) in [6, 6.07) is 2.01. The Bertz CT molecular complexity index is 289. The topological polar surface area (TPSA) is 54.6 Å². The van der Waals surface area contributed by atoms with E-state index >= 15 is 0 Å². The number of hydrogen-bond donors (Lipinski definition) is 2. The summed E-state index contributed by atoms with van der Waals surface area (Å²) in [5, 5.41) is 13.6. The molecule has 0 bridgehead atoms. The number of morpholine rings is 1. The van der Waals surface area contributed by atoms with Crippen molar-refractivity contribution < 1.29 is 14.3 Å². The van der Waals surface area contributed by atoms with Gasteiger partial charge in [0.25, 0.3) is 0 Å². The molecule has 2 atom stereocenters. The van der Waals surface area contributed by atoms with Gasteiger partial charge in [-0.15, -0.1) is 0 Å². The highest BCUT2D eigenvalue weighted by Crippen LogP contribution is 2.26. The second kappa shape index (κ2) is 4.35. The molecule has 0 saturated carbocycles. The Morgan fingerprint density at radius 1 is 1.67 bits per heavy atom. The third-order valence-electron chi connectivity index (χ3n) is 2.79. The zero-order chi connectivity index (χ0) is 10.7. The summed E-state index contributed by atoms with van der Waals surface area (Å²) in [5.41, 5.74) is -0.0411. The predicted octanol–water partition coefficient (Wildman–Crippen LogP) is 0.866.